The van der Waals surface area contributed by atoms with E-state index in [2.05, 4.69) is 46.2 Å². The Morgan fingerprint density at radius 3 is 2.23 bits per heavy atom. The van der Waals surface area contributed by atoms with E-state index in [1.807, 2.05) is 12.1 Å². The fourth-order valence-electron chi connectivity index (χ4n) is 2.94. The van der Waals surface area contributed by atoms with Crippen molar-refractivity contribution in [3.63, 3.8) is 0 Å². The Bertz CT molecular complexity index is 604. The molecule has 4 heteroatoms. The van der Waals surface area contributed by atoms with Crippen LogP contribution in [-0.4, -0.2) is 37.6 Å². The average Bonchev–Trinajstić information content (AvgIpc) is 2.57. The van der Waals surface area contributed by atoms with E-state index in [9.17, 15) is 0 Å². The van der Waals surface area contributed by atoms with E-state index in [0.717, 1.165) is 39.1 Å². The van der Waals surface area contributed by atoms with Crippen LogP contribution < -0.4 is 16.4 Å². The van der Waals surface area contributed by atoms with Crippen molar-refractivity contribution in [1.29, 1.82) is 0 Å². The second-order valence-corrected chi connectivity index (χ2v) is 5.88. The molecule has 1 aliphatic heterocycles. The molecule has 2 aromatic rings. The summed E-state index contributed by atoms with van der Waals surface area (Å²) in [4.78, 5) is 4.98. The van der Waals surface area contributed by atoms with E-state index in [1.165, 1.54) is 11.3 Å². The van der Waals surface area contributed by atoms with E-state index in [4.69, 9.17) is 11.5 Å². The van der Waals surface area contributed by atoms with Gasteiger partial charge in [-0.3, -0.25) is 4.90 Å². The van der Waals surface area contributed by atoms with Crippen molar-refractivity contribution in [1.82, 2.24) is 4.90 Å². The van der Waals surface area contributed by atoms with Crippen molar-refractivity contribution >= 4 is 17.1 Å². The molecule has 0 amide bonds. The molecule has 4 nitrogen and oxygen atoms in total. The first kappa shape index (κ1) is 14.7. The SMILES string of the molecule is Nc1ccc(CCN2CCN(c3ccccc3)CC2)cc1N. The zero-order valence-electron chi connectivity index (χ0n) is 12.9. The number of nitrogens with two attached hydrogens (primary N) is 2. The van der Waals surface area contributed by atoms with E-state index >= 15 is 0 Å². The third-order valence-electron chi connectivity index (χ3n) is 4.36. The number of anilines is 3. The number of nitrogen functional groups attached to an aromatic ring is 2. The van der Waals surface area contributed by atoms with Crippen molar-refractivity contribution in [3.05, 3.63) is 54.1 Å². The fraction of sp³-hybridized carbons (Fsp3) is 0.333. The number of piperazine rings is 1. The predicted molar refractivity (Wildman–Crippen MR) is 94.1 cm³/mol. The summed E-state index contributed by atoms with van der Waals surface area (Å²) in [6.07, 6.45) is 1.02. The number of hydrogen-bond donors (Lipinski definition) is 2. The van der Waals surface area contributed by atoms with Crippen LogP contribution in [-0.2, 0) is 6.42 Å². The lowest BCUT2D eigenvalue weighted by molar-refractivity contribution is 0.261. The molecular weight excluding hydrogens is 272 g/mol. The molecule has 2 aromatic carbocycles. The first-order chi connectivity index (χ1) is 10.7. The molecule has 0 saturated carbocycles. The average molecular weight is 296 g/mol. The summed E-state index contributed by atoms with van der Waals surface area (Å²) >= 11 is 0. The van der Waals surface area contributed by atoms with Crippen molar-refractivity contribution in [2.75, 3.05) is 49.1 Å². The van der Waals surface area contributed by atoms with E-state index < -0.39 is 0 Å². The molecule has 1 aliphatic rings. The zero-order chi connectivity index (χ0) is 15.4. The van der Waals surface area contributed by atoms with Gasteiger partial charge in [-0.15, -0.1) is 0 Å². The van der Waals surface area contributed by atoms with Gasteiger partial charge in [-0.2, -0.15) is 0 Å². The maximum Gasteiger partial charge on any atom is 0.0550 e. The summed E-state index contributed by atoms with van der Waals surface area (Å²) < 4.78 is 0. The molecule has 0 atom stereocenters. The predicted octanol–water partition coefficient (Wildman–Crippen LogP) is 2.22. The largest absolute Gasteiger partial charge is 0.397 e. The van der Waals surface area contributed by atoms with Crippen molar-refractivity contribution < 1.29 is 0 Å². The molecule has 1 saturated heterocycles. The van der Waals surface area contributed by atoms with Crippen LogP contribution in [0.4, 0.5) is 17.1 Å². The lowest BCUT2D eigenvalue weighted by atomic mass is 10.1. The molecule has 3 rings (SSSR count). The van der Waals surface area contributed by atoms with Gasteiger partial charge >= 0.3 is 0 Å². The van der Waals surface area contributed by atoms with Gasteiger partial charge in [0.05, 0.1) is 11.4 Å². The number of nitrogens with zero attached hydrogens (tertiary/aromatic N) is 2. The number of hydrogen-bond acceptors (Lipinski definition) is 4. The Hall–Kier alpha value is -2.20. The van der Waals surface area contributed by atoms with Crippen LogP contribution in [0.3, 0.4) is 0 Å². The first-order valence-corrected chi connectivity index (χ1v) is 7.88. The van der Waals surface area contributed by atoms with Gasteiger partial charge in [-0.1, -0.05) is 24.3 Å². The molecular formula is C18H24N4. The molecule has 0 unspecified atom stereocenters. The van der Waals surface area contributed by atoms with Crippen molar-refractivity contribution in [3.8, 4) is 0 Å². The van der Waals surface area contributed by atoms with Crippen LogP contribution in [0.25, 0.3) is 0 Å². The van der Waals surface area contributed by atoms with Gasteiger partial charge in [0, 0.05) is 38.4 Å². The summed E-state index contributed by atoms with van der Waals surface area (Å²) in [7, 11) is 0. The Kier molecular flexibility index (Phi) is 4.49. The molecule has 0 aliphatic carbocycles. The van der Waals surface area contributed by atoms with Gasteiger partial charge in [0.15, 0.2) is 0 Å². The number of para-hydroxylation sites is 1. The minimum atomic E-state index is 0.667. The van der Waals surface area contributed by atoms with Crippen molar-refractivity contribution in [2.24, 2.45) is 0 Å². The smallest absolute Gasteiger partial charge is 0.0550 e. The highest BCUT2D eigenvalue weighted by molar-refractivity contribution is 5.63. The third kappa shape index (κ3) is 3.52. The maximum absolute atomic E-state index is 5.87. The summed E-state index contributed by atoms with van der Waals surface area (Å²) in [5.74, 6) is 0. The summed E-state index contributed by atoms with van der Waals surface area (Å²) in [6.45, 7) is 5.48. The monoisotopic (exact) mass is 296 g/mol. The Balaban J connectivity index is 1.49. The minimum absolute atomic E-state index is 0.667. The minimum Gasteiger partial charge on any atom is -0.397 e. The number of benzene rings is 2. The lowest BCUT2D eigenvalue weighted by Crippen LogP contribution is -2.46. The van der Waals surface area contributed by atoms with Crippen LogP contribution in [0, 0.1) is 0 Å². The highest BCUT2D eigenvalue weighted by atomic mass is 15.3. The zero-order valence-corrected chi connectivity index (χ0v) is 12.9. The van der Waals surface area contributed by atoms with Gasteiger partial charge < -0.3 is 16.4 Å². The molecule has 0 spiro atoms. The summed E-state index contributed by atoms with van der Waals surface area (Å²) in [6, 6.07) is 16.6. The second-order valence-electron chi connectivity index (χ2n) is 5.88. The van der Waals surface area contributed by atoms with E-state index in [-0.39, 0.29) is 0 Å². The Morgan fingerprint density at radius 2 is 1.55 bits per heavy atom. The fourth-order valence-corrected chi connectivity index (χ4v) is 2.94. The van der Waals surface area contributed by atoms with Crippen LogP contribution in [0.1, 0.15) is 5.56 Å². The Labute approximate surface area is 132 Å². The molecule has 1 fully saturated rings. The van der Waals surface area contributed by atoms with Crippen LogP contribution in [0.2, 0.25) is 0 Å². The lowest BCUT2D eigenvalue weighted by Gasteiger charge is -2.36. The van der Waals surface area contributed by atoms with E-state index in [0.29, 0.717) is 11.4 Å². The molecule has 116 valence electrons. The highest BCUT2D eigenvalue weighted by Gasteiger charge is 2.16. The molecule has 4 N–H and O–H groups in total. The number of rotatable bonds is 4. The molecule has 22 heavy (non-hydrogen) atoms. The Morgan fingerprint density at radius 1 is 0.818 bits per heavy atom. The van der Waals surface area contributed by atoms with Gasteiger partial charge in [0.1, 0.15) is 0 Å². The van der Waals surface area contributed by atoms with Crippen LogP contribution in [0.15, 0.2) is 48.5 Å². The van der Waals surface area contributed by atoms with Crippen LogP contribution >= 0.6 is 0 Å². The van der Waals surface area contributed by atoms with Gasteiger partial charge in [-0.05, 0) is 36.2 Å². The van der Waals surface area contributed by atoms with Gasteiger partial charge in [0.2, 0.25) is 0 Å². The highest BCUT2D eigenvalue weighted by Crippen LogP contribution is 2.18. The molecule has 0 aromatic heterocycles. The second kappa shape index (κ2) is 6.71. The van der Waals surface area contributed by atoms with Crippen LogP contribution in [0.5, 0.6) is 0 Å². The summed E-state index contributed by atoms with van der Waals surface area (Å²) in [5.41, 5.74) is 15.6. The van der Waals surface area contributed by atoms with Gasteiger partial charge in [-0.25, -0.2) is 0 Å². The third-order valence-corrected chi connectivity index (χ3v) is 4.36. The topological polar surface area (TPSA) is 58.5 Å². The summed E-state index contributed by atoms with van der Waals surface area (Å²) in [5, 5.41) is 0. The van der Waals surface area contributed by atoms with E-state index in [1.54, 1.807) is 0 Å². The maximum atomic E-state index is 5.87. The van der Waals surface area contributed by atoms with Crippen molar-refractivity contribution in [2.45, 2.75) is 6.42 Å². The quantitative estimate of drug-likeness (QED) is 0.849. The molecule has 1 heterocycles. The molecule has 0 radical (unpaired) electrons. The standard InChI is InChI=1S/C18H24N4/c19-17-7-6-15(14-18(17)20)8-9-21-10-12-22(13-11-21)16-4-2-1-3-5-16/h1-7,14H,8-13,19-20H2. The molecule has 0 bridgehead atoms. The normalized spacial score (nSPS) is 15.9. The van der Waals surface area contributed by atoms with Gasteiger partial charge in [0.25, 0.3) is 0 Å². The first-order valence-electron chi connectivity index (χ1n) is 7.88.